The van der Waals surface area contributed by atoms with Crippen LogP contribution in [0.15, 0.2) is 78.4 Å². The number of aryl methyl sites for hydroxylation is 1. The molecule has 0 saturated carbocycles. The zero-order valence-electron chi connectivity index (χ0n) is 18.3. The molecule has 0 fully saturated rings. The Morgan fingerprint density at radius 1 is 0.970 bits per heavy atom. The highest BCUT2D eigenvalue weighted by Crippen LogP contribution is 2.19. The van der Waals surface area contributed by atoms with Gasteiger partial charge in [-0.1, -0.05) is 30.3 Å². The van der Waals surface area contributed by atoms with E-state index in [1.54, 1.807) is 55.6 Å². The van der Waals surface area contributed by atoms with Crippen molar-refractivity contribution in [2.45, 2.75) is 6.92 Å². The molecule has 3 aromatic carbocycles. The van der Waals surface area contributed by atoms with Gasteiger partial charge in [-0.3, -0.25) is 9.59 Å². The number of nitrogens with one attached hydrogen (secondary N) is 2. The van der Waals surface area contributed by atoms with Crippen LogP contribution < -0.4 is 20.1 Å². The highest BCUT2D eigenvalue weighted by Gasteiger charge is 2.11. The fraction of sp³-hybridized carbons (Fsp3) is 0.115. The van der Waals surface area contributed by atoms with Crippen molar-refractivity contribution in [1.29, 1.82) is 5.26 Å². The molecule has 0 saturated heterocycles. The van der Waals surface area contributed by atoms with E-state index in [4.69, 9.17) is 9.47 Å². The predicted octanol–water partition coefficient (Wildman–Crippen LogP) is 4.57. The molecular weight excluding hydrogens is 418 g/mol. The fourth-order valence-corrected chi connectivity index (χ4v) is 2.93. The number of carbonyl (C=O) groups is 2. The van der Waals surface area contributed by atoms with Crippen LogP contribution in [0.3, 0.4) is 0 Å². The number of nitrogens with zero attached hydrogens (tertiary/aromatic N) is 1. The van der Waals surface area contributed by atoms with Crippen molar-refractivity contribution >= 4 is 29.3 Å². The molecule has 0 aromatic heterocycles. The summed E-state index contributed by atoms with van der Waals surface area (Å²) >= 11 is 0. The van der Waals surface area contributed by atoms with Gasteiger partial charge in [0.05, 0.1) is 7.11 Å². The first kappa shape index (κ1) is 23.1. The molecule has 7 nitrogen and oxygen atoms in total. The van der Waals surface area contributed by atoms with Gasteiger partial charge < -0.3 is 20.1 Å². The van der Waals surface area contributed by atoms with Gasteiger partial charge in [0, 0.05) is 11.4 Å². The lowest BCUT2D eigenvalue weighted by Crippen LogP contribution is -2.20. The number of para-hydroxylation sites is 1. The first-order valence-electron chi connectivity index (χ1n) is 10.1. The lowest BCUT2D eigenvalue weighted by Gasteiger charge is -2.10. The lowest BCUT2D eigenvalue weighted by atomic mass is 10.1. The second kappa shape index (κ2) is 11.2. The van der Waals surface area contributed by atoms with Crippen LogP contribution in [0.2, 0.25) is 0 Å². The van der Waals surface area contributed by atoms with Gasteiger partial charge in [0.2, 0.25) is 0 Å². The summed E-state index contributed by atoms with van der Waals surface area (Å²) in [5, 5.41) is 14.9. The molecule has 7 heteroatoms. The average Bonchev–Trinajstić information content (AvgIpc) is 2.83. The third kappa shape index (κ3) is 6.71. The summed E-state index contributed by atoms with van der Waals surface area (Å²) < 4.78 is 10.7. The molecule has 3 rings (SSSR count). The number of nitriles is 1. The Morgan fingerprint density at radius 3 is 2.42 bits per heavy atom. The van der Waals surface area contributed by atoms with Gasteiger partial charge in [-0.2, -0.15) is 5.26 Å². The van der Waals surface area contributed by atoms with Gasteiger partial charge in [-0.25, -0.2) is 0 Å². The molecule has 2 amide bonds. The highest BCUT2D eigenvalue weighted by atomic mass is 16.5. The topological polar surface area (TPSA) is 100 Å². The Hall–Kier alpha value is -4.57. The zero-order valence-corrected chi connectivity index (χ0v) is 18.3. The number of carbonyl (C=O) groups excluding carboxylic acids is 2. The smallest absolute Gasteiger partial charge is 0.266 e. The summed E-state index contributed by atoms with van der Waals surface area (Å²) in [5.41, 5.74) is 2.74. The van der Waals surface area contributed by atoms with Gasteiger partial charge in [-0.15, -0.1) is 0 Å². The SMILES string of the molecule is COc1ccc(NC(=O)/C(C#N)=C\c2cccc(OCC(=O)Nc3ccccc3C)c2)cc1. The van der Waals surface area contributed by atoms with Crippen molar-refractivity contribution in [3.63, 3.8) is 0 Å². The van der Waals surface area contributed by atoms with E-state index < -0.39 is 5.91 Å². The molecule has 166 valence electrons. The molecule has 0 unspecified atom stereocenters. The Labute approximate surface area is 192 Å². The largest absolute Gasteiger partial charge is 0.497 e. The molecule has 3 aromatic rings. The molecule has 0 aliphatic carbocycles. The maximum Gasteiger partial charge on any atom is 0.266 e. The van der Waals surface area contributed by atoms with Crippen molar-refractivity contribution in [2.24, 2.45) is 0 Å². The molecule has 0 aliphatic rings. The van der Waals surface area contributed by atoms with Crippen molar-refractivity contribution in [1.82, 2.24) is 0 Å². The highest BCUT2D eigenvalue weighted by molar-refractivity contribution is 6.09. The number of methoxy groups -OCH3 is 1. The van der Waals surface area contributed by atoms with Crippen molar-refractivity contribution in [3.05, 3.63) is 89.5 Å². The van der Waals surface area contributed by atoms with E-state index in [1.807, 2.05) is 37.3 Å². The number of hydrogen-bond donors (Lipinski definition) is 2. The second-order valence-electron chi connectivity index (χ2n) is 7.08. The fourth-order valence-electron chi connectivity index (χ4n) is 2.93. The molecule has 0 radical (unpaired) electrons. The maximum atomic E-state index is 12.5. The predicted molar refractivity (Wildman–Crippen MR) is 127 cm³/mol. The number of ether oxygens (including phenoxy) is 2. The zero-order chi connectivity index (χ0) is 23.6. The van der Waals surface area contributed by atoms with E-state index in [9.17, 15) is 14.9 Å². The molecule has 33 heavy (non-hydrogen) atoms. The third-order valence-corrected chi connectivity index (χ3v) is 4.67. The summed E-state index contributed by atoms with van der Waals surface area (Å²) in [7, 11) is 1.55. The average molecular weight is 441 g/mol. The Bertz CT molecular complexity index is 1210. The molecule has 0 spiro atoms. The number of amides is 2. The van der Waals surface area contributed by atoms with E-state index in [-0.39, 0.29) is 18.1 Å². The third-order valence-electron chi connectivity index (χ3n) is 4.67. The van der Waals surface area contributed by atoms with E-state index in [0.29, 0.717) is 22.7 Å². The molecule has 0 bridgehead atoms. The number of rotatable bonds is 8. The van der Waals surface area contributed by atoms with Crippen LogP contribution >= 0.6 is 0 Å². The van der Waals surface area contributed by atoms with Crippen LogP contribution in [0.4, 0.5) is 11.4 Å². The van der Waals surface area contributed by atoms with Crippen LogP contribution in [0.1, 0.15) is 11.1 Å². The van der Waals surface area contributed by atoms with Crippen LogP contribution in [0, 0.1) is 18.3 Å². The van der Waals surface area contributed by atoms with Gasteiger partial charge in [0.1, 0.15) is 23.1 Å². The monoisotopic (exact) mass is 441 g/mol. The van der Waals surface area contributed by atoms with Gasteiger partial charge in [0.25, 0.3) is 11.8 Å². The van der Waals surface area contributed by atoms with Crippen LogP contribution in [-0.2, 0) is 9.59 Å². The lowest BCUT2D eigenvalue weighted by molar-refractivity contribution is -0.118. The van der Waals surface area contributed by atoms with E-state index in [2.05, 4.69) is 10.6 Å². The van der Waals surface area contributed by atoms with Crippen LogP contribution in [0.25, 0.3) is 6.08 Å². The summed E-state index contributed by atoms with van der Waals surface area (Å²) in [6, 6.07) is 23.0. The van der Waals surface area contributed by atoms with E-state index in [1.165, 1.54) is 6.08 Å². The second-order valence-corrected chi connectivity index (χ2v) is 7.08. The van der Waals surface area contributed by atoms with Crippen LogP contribution in [0.5, 0.6) is 11.5 Å². The van der Waals surface area contributed by atoms with Crippen molar-refractivity contribution in [2.75, 3.05) is 24.4 Å². The molecular formula is C26H23N3O4. The first-order valence-corrected chi connectivity index (χ1v) is 10.1. The van der Waals surface area contributed by atoms with E-state index in [0.717, 1.165) is 11.3 Å². The molecule has 2 N–H and O–H groups in total. The minimum Gasteiger partial charge on any atom is -0.497 e. The summed E-state index contributed by atoms with van der Waals surface area (Å²) in [4.78, 5) is 24.7. The minimum absolute atomic E-state index is 0.0692. The van der Waals surface area contributed by atoms with E-state index >= 15 is 0 Å². The van der Waals surface area contributed by atoms with Gasteiger partial charge >= 0.3 is 0 Å². The number of benzene rings is 3. The quantitative estimate of drug-likeness (QED) is 0.394. The maximum absolute atomic E-state index is 12.5. The first-order chi connectivity index (χ1) is 16.0. The Morgan fingerprint density at radius 2 is 1.73 bits per heavy atom. The molecule has 0 atom stereocenters. The summed E-state index contributed by atoms with van der Waals surface area (Å²) in [6.45, 7) is 1.73. The van der Waals surface area contributed by atoms with Crippen molar-refractivity contribution < 1.29 is 19.1 Å². The Balaban J connectivity index is 1.63. The number of hydrogen-bond acceptors (Lipinski definition) is 5. The standard InChI is InChI=1S/C26H23N3O4/c1-18-6-3-4-9-24(18)29-25(30)17-33-23-8-5-7-19(15-23)14-20(16-27)26(31)28-21-10-12-22(32-2)13-11-21/h3-15H,17H2,1-2H3,(H,28,31)(H,29,30)/b20-14-. The minimum atomic E-state index is -0.536. The van der Waals surface area contributed by atoms with Gasteiger partial charge in [-0.05, 0) is 66.6 Å². The van der Waals surface area contributed by atoms with Gasteiger partial charge in [0.15, 0.2) is 6.61 Å². The molecule has 0 aliphatic heterocycles. The molecule has 0 heterocycles. The number of anilines is 2. The normalized spacial score (nSPS) is 10.6. The van der Waals surface area contributed by atoms with Crippen LogP contribution in [-0.4, -0.2) is 25.5 Å². The summed E-state index contributed by atoms with van der Waals surface area (Å²) in [5.74, 6) is 0.276. The Kier molecular flexibility index (Phi) is 7.81. The van der Waals surface area contributed by atoms with Crippen molar-refractivity contribution in [3.8, 4) is 17.6 Å². The summed E-state index contributed by atoms with van der Waals surface area (Å²) in [6.07, 6.45) is 1.46.